The number of hydrogen-bond donors (Lipinski definition) is 3. The molecule has 1 saturated carbocycles. The molecule has 3 rings (SSSR count). The maximum Gasteiger partial charge on any atom is 0.266 e. The zero-order valence-electron chi connectivity index (χ0n) is 16.1. The van der Waals surface area contributed by atoms with Crippen LogP contribution in [0.3, 0.4) is 0 Å². The maximum atomic E-state index is 12.5. The first kappa shape index (κ1) is 20.9. The number of carbonyl (C=O) groups is 2. The minimum absolute atomic E-state index is 0.0601. The van der Waals surface area contributed by atoms with E-state index in [2.05, 4.69) is 22.7 Å². The van der Waals surface area contributed by atoms with Crippen LogP contribution in [-0.2, 0) is 10.0 Å². The van der Waals surface area contributed by atoms with E-state index in [-0.39, 0.29) is 22.4 Å². The van der Waals surface area contributed by atoms with Gasteiger partial charge in [0.15, 0.2) is 0 Å². The fourth-order valence-corrected chi connectivity index (χ4v) is 4.16. The fraction of sp³-hybridized carbons (Fsp3) is 0.350. The lowest BCUT2D eigenvalue weighted by Crippen LogP contribution is -2.41. The van der Waals surface area contributed by atoms with Crippen LogP contribution >= 0.6 is 0 Å². The standard InChI is InChI=1S/C20H24N4O4S/c1-14-4-2-3-5-18(14)22-19(25)15-6-8-17(9-7-15)29(27,28)24-23-20(26)16-10-12-21-13-11-16/h6-14,18,24H,2-5H2,1H3,(H,22,25)(H,23,26)/t14-,18+/m1/s1. The van der Waals surface area contributed by atoms with E-state index in [4.69, 9.17) is 0 Å². The molecule has 1 fully saturated rings. The largest absolute Gasteiger partial charge is 0.349 e. The first-order valence-corrected chi connectivity index (χ1v) is 11.0. The predicted molar refractivity (Wildman–Crippen MR) is 107 cm³/mol. The van der Waals surface area contributed by atoms with Crippen molar-refractivity contribution in [1.82, 2.24) is 20.6 Å². The summed E-state index contributed by atoms with van der Waals surface area (Å²) < 4.78 is 24.7. The van der Waals surface area contributed by atoms with E-state index >= 15 is 0 Å². The third-order valence-corrected chi connectivity index (χ3v) is 6.36. The zero-order chi connectivity index (χ0) is 20.9. The van der Waals surface area contributed by atoms with Gasteiger partial charge < -0.3 is 5.32 Å². The van der Waals surface area contributed by atoms with Gasteiger partial charge in [-0.05, 0) is 55.2 Å². The lowest BCUT2D eigenvalue weighted by atomic mass is 9.86. The Morgan fingerprint density at radius 2 is 1.55 bits per heavy atom. The highest BCUT2D eigenvalue weighted by molar-refractivity contribution is 7.89. The van der Waals surface area contributed by atoms with E-state index in [1.54, 1.807) is 0 Å². The average Bonchev–Trinajstić information content (AvgIpc) is 2.74. The molecule has 2 atom stereocenters. The number of aromatic nitrogens is 1. The molecule has 9 heteroatoms. The van der Waals surface area contributed by atoms with E-state index in [9.17, 15) is 18.0 Å². The molecule has 1 aliphatic rings. The van der Waals surface area contributed by atoms with Gasteiger partial charge >= 0.3 is 0 Å². The Balaban J connectivity index is 1.60. The van der Waals surface area contributed by atoms with E-state index < -0.39 is 15.9 Å². The second-order valence-electron chi connectivity index (χ2n) is 7.16. The number of rotatable bonds is 6. The quantitative estimate of drug-likeness (QED) is 0.623. The van der Waals surface area contributed by atoms with Crippen molar-refractivity contribution >= 4 is 21.8 Å². The van der Waals surface area contributed by atoms with Crippen molar-refractivity contribution < 1.29 is 18.0 Å². The van der Waals surface area contributed by atoms with Gasteiger partial charge in [0.05, 0.1) is 4.90 Å². The Kier molecular flexibility index (Phi) is 6.60. The first-order valence-electron chi connectivity index (χ1n) is 9.50. The normalized spacial score (nSPS) is 19.3. The van der Waals surface area contributed by atoms with E-state index in [1.807, 2.05) is 4.83 Å². The molecule has 2 amide bonds. The van der Waals surface area contributed by atoms with Crippen LogP contribution in [-0.4, -0.2) is 31.3 Å². The third kappa shape index (κ3) is 5.39. The van der Waals surface area contributed by atoms with Crippen molar-refractivity contribution in [2.24, 2.45) is 5.92 Å². The smallest absolute Gasteiger partial charge is 0.266 e. The summed E-state index contributed by atoms with van der Waals surface area (Å²) in [5.74, 6) is -0.388. The summed E-state index contributed by atoms with van der Waals surface area (Å²) in [6, 6.07) is 8.66. The van der Waals surface area contributed by atoms with Gasteiger partial charge in [-0.15, -0.1) is 4.83 Å². The predicted octanol–water partition coefficient (Wildman–Crippen LogP) is 2.01. The Hall–Kier alpha value is -2.78. The van der Waals surface area contributed by atoms with Crippen molar-refractivity contribution in [2.75, 3.05) is 0 Å². The van der Waals surface area contributed by atoms with Crippen molar-refractivity contribution in [3.63, 3.8) is 0 Å². The molecular weight excluding hydrogens is 392 g/mol. The van der Waals surface area contributed by atoms with Crippen molar-refractivity contribution in [3.8, 4) is 0 Å². The highest BCUT2D eigenvalue weighted by Gasteiger charge is 2.23. The Morgan fingerprint density at radius 1 is 0.931 bits per heavy atom. The van der Waals surface area contributed by atoms with Gasteiger partial charge in [-0.25, -0.2) is 8.42 Å². The molecule has 0 bridgehead atoms. The van der Waals surface area contributed by atoms with Gasteiger partial charge in [-0.3, -0.25) is 20.0 Å². The number of carbonyl (C=O) groups excluding carboxylic acids is 2. The molecular formula is C20H24N4O4S. The van der Waals surface area contributed by atoms with Gasteiger partial charge in [0.2, 0.25) is 0 Å². The van der Waals surface area contributed by atoms with E-state index in [0.717, 1.165) is 19.3 Å². The van der Waals surface area contributed by atoms with E-state index in [0.29, 0.717) is 11.5 Å². The monoisotopic (exact) mass is 416 g/mol. The highest BCUT2D eigenvalue weighted by atomic mass is 32.2. The van der Waals surface area contributed by atoms with Crippen LogP contribution in [0, 0.1) is 5.92 Å². The Morgan fingerprint density at radius 3 is 2.21 bits per heavy atom. The fourth-order valence-electron chi connectivity index (χ4n) is 3.32. The highest BCUT2D eigenvalue weighted by Crippen LogP contribution is 2.24. The number of hydrogen-bond acceptors (Lipinski definition) is 5. The number of hydrazine groups is 1. The molecule has 2 aromatic rings. The molecule has 3 N–H and O–H groups in total. The zero-order valence-corrected chi connectivity index (χ0v) is 16.9. The summed E-state index contributed by atoms with van der Waals surface area (Å²) in [5.41, 5.74) is 2.81. The molecule has 0 aliphatic heterocycles. The SMILES string of the molecule is C[C@@H]1CCCC[C@@H]1NC(=O)c1ccc(S(=O)(=O)NNC(=O)c2ccncc2)cc1. The molecule has 1 aromatic heterocycles. The van der Waals surface area contributed by atoms with Gasteiger partial charge in [-0.1, -0.05) is 19.8 Å². The van der Waals surface area contributed by atoms with Crippen LogP contribution in [0.25, 0.3) is 0 Å². The second-order valence-corrected chi connectivity index (χ2v) is 8.84. The Labute approximate surface area is 170 Å². The molecule has 1 aromatic carbocycles. The van der Waals surface area contributed by atoms with Crippen LogP contribution in [0.15, 0.2) is 53.7 Å². The Bertz CT molecular complexity index is 962. The van der Waals surface area contributed by atoms with Crippen LogP contribution in [0.5, 0.6) is 0 Å². The van der Waals surface area contributed by atoms with Crippen molar-refractivity contribution in [3.05, 3.63) is 59.9 Å². The number of nitrogens with zero attached hydrogens (tertiary/aromatic N) is 1. The number of nitrogens with one attached hydrogen (secondary N) is 3. The molecule has 0 unspecified atom stereocenters. The summed E-state index contributed by atoms with van der Waals surface area (Å²) in [5, 5.41) is 3.04. The average molecular weight is 417 g/mol. The maximum absolute atomic E-state index is 12.5. The summed E-state index contributed by atoms with van der Waals surface area (Å²) in [6.07, 6.45) is 7.20. The van der Waals surface area contributed by atoms with Gasteiger partial charge in [-0.2, -0.15) is 0 Å². The lowest BCUT2D eigenvalue weighted by Gasteiger charge is -2.29. The minimum Gasteiger partial charge on any atom is -0.349 e. The second kappa shape index (κ2) is 9.15. The van der Waals surface area contributed by atoms with Crippen LogP contribution in [0.2, 0.25) is 0 Å². The van der Waals surface area contributed by atoms with Crippen molar-refractivity contribution in [2.45, 2.75) is 43.5 Å². The number of sulfonamides is 1. The van der Waals surface area contributed by atoms with Crippen LogP contribution in [0.4, 0.5) is 0 Å². The van der Waals surface area contributed by atoms with Crippen LogP contribution in [0.1, 0.15) is 53.3 Å². The molecule has 1 aliphatic carbocycles. The third-order valence-electron chi connectivity index (χ3n) is 5.10. The molecule has 154 valence electrons. The molecule has 0 spiro atoms. The number of amides is 2. The molecule has 8 nitrogen and oxygen atoms in total. The van der Waals surface area contributed by atoms with E-state index in [1.165, 1.54) is 55.2 Å². The summed E-state index contributed by atoms with van der Waals surface area (Å²) in [7, 11) is -3.97. The molecule has 1 heterocycles. The van der Waals surface area contributed by atoms with Crippen LogP contribution < -0.4 is 15.6 Å². The summed E-state index contributed by atoms with van der Waals surface area (Å²) in [6.45, 7) is 2.13. The topological polar surface area (TPSA) is 117 Å². The summed E-state index contributed by atoms with van der Waals surface area (Å²) >= 11 is 0. The lowest BCUT2D eigenvalue weighted by molar-refractivity contribution is 0.0908. The van der Waals surface area contributed by atoms with Gasteiger partial charge in [0.25, 0.3) is 21.8 Å². The number of benzene rings is 1. The number of pyridine rings is 1. The van der Waals surface area contributed by atoms with Crippen molar-refractivity contribution in [1.29, 1.82) is 0 Å². The molecule has 0 saturated heterocycles. The molecule has 0 radical (unpaired) electrons. The van der Waals surface area contributed by atoms with Gasteiger partial charge in [0.1, 0.15) is 0 Å². The molecule has 29 heavy (non-hydrogen) atoms. The minimum atomic E-state index is -3.97. The van der Waals surface area contributed by atoms with Gasteiger partial charge in [0, 0.05) is 29.6 Å². The summed E-state index contributed by atoms with van der Waals surface area (Å²) in [4.78, 5) is 30.2. The first-order chi connectivity index (χ1) is 13.9.